The van der Waals surface area contributed by atoms with Crippen molar-refractivity contribution >= 4 is 27.3 Å². The van der Waals surface area contributed by atoms with Crippen LogP contribution in [0.4, 0.5) is 0 Å². The van der Waals surface area contributed by atoms with Gasteiger partial charge < -0.3 is 4.74 Å². The molecule has 0 amide bonds. The summed E-state index contributed by atoms with van der Waals surface area (Å²) in [5.74, 6) is 0.940. The molecule has 0 N–H and O–H groups in total. The predicted octanol–water partition coefficient (Wildman–Crippen LogP) is 4.51. The van der Waals surface area contributed by atoms with E-state index in [0.29, 0.717) is 6.42 Å². The Morgan fingerprint density at radius 2 is 1.91 bits per heavy atom. The molecule has 1 heterocycles. The van der Waals surface area contributed by atoms with Crippen LogP contribution < -0.4 is 4.74 Å². The molecule has 0 radical (unpaired) electrons. The predicted molar refractivity (Wildman–Crippen MR) is 89.9 cm³/mol. The number of thiazole rings is 1. The summed E-state index contributed by atoms with van der Waals surface area (Å²) in [6, 6.07) is 15.4. The molecule has 0 saturated carbocycles. The number of benzene rings is 2. The lowest BCUT2D eigenvalue weighted by atomic mass is 10.1. The van der Waals surface area contributed by atoms with Crippen molar-refractivity contribution in [2.45, 2.75) is 19.3 Å². The number of nitrogens with zero attached hydrogens (tertiary/aromatic N) is 1. The summed E-state index contributed by atoms with van der Waals surface area (Å²) < 4.78 is 6.31. The number of rotatable bonds is 6. The first-order valence-electron chi connectivity index (χ1n) is 7.28. The summed E-state index contributed by atoms with van der Waals surface area (Å²) in [5.41, 5.74) is 1.79. The molecule has 0 unspecified atom stereocenters. The number of aryl methyl sites for hydroxylation is 1. The van der Waals surface area contributed by atoms with E-state index in [-0.39, 0.29) is 5.78 Å². The second kappa shape index (κ2) is 6.71. The SMILES string of the molecule is COc1ccc(C(=O)CCCc2nc3ccccc3s2)cc1. The smallest absolute Gasteiger partial charge is 0.162 e. The largest absolute Gasteiger partial charge is 0.497 e. The highest BCUT2D eigenvalue weighted by Gasteiger charge is 2.08. The molecule has 4 heteroatoms. The summed E-state index contributed by atoms with van der Waals surface area (Å²) in [6.07, 6.45) is 2.22. The highest BCUT2D eigenvalue weighted by molar-refractivity contribution is 7.18. The first kappa shape index (κ1) is 14.7. The third-order valence-corrected chi connectivity index (χ3v) is 4.64. The van der Waals surface area contributed by atoms with Gasteiger partial charge in [-0.05, 0) is 49.2 Å². The molecule has 0 aliphatic heterocycles. The molecular weight excluding hydrogens is 294 g/mol. The van der Waals surface area contributed by atoms with Gasteiger partial charge in [0.2, 0.25) is 0 Å². The molecule has 3 aromatic rings. The van der Waals surface area contributed by atoms with Crippen LogP contribution in [0, 0.1) is 0 Å². The van der Waals surface area contributed by atoms with Crippen LogP contribution in [-0.4, -0.2) is 17.9 Å². The number of hydrogen-bond donors (Lipinski definition) is 0. The Balaban J connectivity index is 1.56. The average Bonchev–Trinajstić information content (AvgIpc) is 2.97. The van der Waals surface area contributed by atoms with Gasteiger partial charge in [-0.1, -0.05) is 12.1 Å². The summed E-state index contributed by atoms with van der Waals surface area (Å²) >= 11 is 1.71. The minimum Gasteiger partial charge on any atom is -0.497 e. The Morgan fingerprint density at radius 1 is 1.14 bits per heavy atom. The molecule has 0 aliphatic rings. The van der Waals surface area contributed by atoms with E-state index in [4.69, 9.17) is 4.74 Å². The zero-order valence-corrected chi connectivity index (χ0v) is 13.2. The fourth-order valence-corrected chi connectivity index (χ4v) is 3.36. The Kier molecular flexibility index (Phi) is 4.49. The van der Waals surface area contributed by atoms with Crippen molar-refractivity contribution < 1.29 is 9.53 Å². The third-order valence-electron chi connectivity index (χ3n) is 3.54. The Bertz CT molecular complexity index is 744. The van der Waals surface area contributed by atoms with E-state index in [9.17, 15) is 4.79 Å². The van der Waals surface area contributed by atoms with Gasteiger partial charge in [0.15, 0.2) is 5.78 Å². The lowest BCUT2D eigenvalue weighted by molar-refractivity contribution is 0.0980. The summed E-state index contributed by atoms with van der Waals surface area (Å²) in [5, 5.41) is 1.10. The van der Waals surface area contributed by atoms with Gasteiger partial charge in [-0.15, -0.1) is 11.3 Å². The molecule has 0 bridgehead atoms. The van der Waals surface area contributed by atoms with Crippen molar-refractivity contribution in [3.63, 3.8) is 0 Å². The number of methoxy groups -OCH3 is 1. The molecule has 0 fully saturated rings. The van der Waals surface area contributed by atoms with Gasteiger partial charge in [-0.2, -0.15) is 0 Å². The van der Waals surface area contributed by atoms with Gasteiger partial charge in [0.25, 0.3) is 0 Å². The van der Waals surface area contributed by atoms with E-state index >= 15 is 0 Å². The molecule has 112 valence electrons. The number of para-hydroxylation sites is 1. The fraction of sp³-hybridized carbons (Fsp3) is 0.222. The maximum Gasteiger partial charge on any atom is 0.162 e. The number of aromatic nitrogens is 1. The van der Waals surface area contributed by atoms with Crippen molar-refractivity contribution in [2.24, 2.45) is 0 Å². The van der Waals surface area contributed by atoms with Crippen molar-refractivity contribution in [3.05, 3.63) is 59.1 Å². The normalized spacial score (nSPS) is 10.8. The highest BCUT2D eigenvalue weighted by Crippen LogP contribution is 2.23. The number of ether oxygens (including phenoxy) is 1. The number of Topliss-reactive ketones (excluding diaryl/α,β-unsaturated/α-hetero) is 1. The Labute approximate surface area is 133 Å². The van der Waals surface area contributed by atoms with E-state index in [0.717, 1.165) is 34.7 Å². The van der Waals surface area contributed by atoms with Gasteiger partial charge in [0.05, 0.1) is 22.3 Å². The lowest BCUT2D eigenvalue weighted by Gasteiger charge is -2.02. The number of carbonyl (C=O) groups excluding carboxylic acids is 1. The molecule has 0 aliphatic carbocycles. The Morgan fingerprint density at radius 3 is 2.64 bits per heavy atom. The van der Waals surface area contributed by atoms with E-state index in [2.05, 4.69) is 11.1 Å². The van der Waals surface area contributed by atoms with Gasteiger partial charge in [-0.25, -0.2) is 4.98 Å². The van der Waals surface area contributed by atoms with Crippen LogP contribution in [0.2, 0.25) is 0 Å². The molecule has 1 aromatic heterocycles. The van der Waals surface area contributed by atoms with Crippen LogP contribution in [0.3, 0.4) is 0 Å². The topological polar surface area (TPSA) is 39.2 Å². The van der Waals surface area contributed by atoms with Gasteiger partial charge in [-0.3, -0.25) is 4.79 Å². The van der Waals surface area contributed by atoms with Crippen molar-refractivity contribution in [1.29, 1.82) is 0 Å². The lowest BCUT2D eigenvalue weighted by Crippen LogP contribution is -2.00. The molecule has 22 heavy (non-hydrogen) atoms. The zero-order valence-electron chi connectivity index (χ0n) is 12.4. The van der Waals surface area contributed by atoms with E-state index in [1.165, 1.54) is 4.70 Å². The highest BCUT2D eigenvalue weighted by atomic mass is 32.1. The molecule has 3 rings (SSSR count). The standard InChI is InChI=1S/C18H17NO2S/c1-21-14-11-9-13(10-12-14)16(20)6-4-8-18-19-15-5-2-3-7-17(15)22-18/h2-3,5,7,9-12H,4,6,8H2,1H3. The van der Waals surface area contributed by atoms with E-state index < -0.39 is 0 Å². The van der Waals surface area contributed by atoms with Crippen molar-refractivity contribution in [2.75, 3.05) is 7.11 Å². The molecule has 0 atom stereocenters. The monoisotopic (exact) mass is 311 g/mol. The van der Waals surface area contributed by atoms with Crippen LogP contribution in [0.15, 0.2) is 48.5 Å². The Hall–Kier alpha value is -2.20. The van der Waals surface area contributed by atoms with Gasteiger partial charge in [0, 0.05) is 12.0 Å². The van der Waals surface area contributed by atoms with Gasteiger partial charge >= 0.3 is 0 Å². The summed E-state index contributed by atoms with van der Waals surface area (Å²) in [7, 11) is 1.62. The van der Waals surface area contributed by atoms with Gasteiger partial charge in [0.1, 0.15) is 5.75 Å². The second-order valence-corrected chi connectivity index (χ2v) is 6.20. The van der Waals surface area contributed by atoms with Crippen molar-refractivity contribution in [3.8, 4) is 5.75 Å². The van der Waals surface area contributed by atoms with E-state index in [1.807, 2.05) is 42.5 Å². The molecular formula is C18H17NO2S. The van der Waals surface area contributed by atoms with E-state index in [1.54, 1.807) is 18.4 Å². The molecule has 2 aromatic carbocycles. The van der Waals surface area contributed by atoms with Crippen LogP contribution in [0.1, 0.15) is 28.2 Å². The average molecular weight is 311 g/mol. The second-order valence-electron chi connectivity index (χ2n) is 5.08. The number of hydrogen-bond acceptors (Lipinski definition) is 4. The van der Waals surface area contributed by atoms with Crippen LogP contribution in [0.5, 0.6) is 5.75 Å². The number of fused-ring (bicyclic) bond motifs is 1. The molecule has 0 spiro atoms. The molecule has 3 nitrogen and oxygen atoms in total. The first-order chi connectivity index (χ1) is 10.8. The number of carbonyl (C=O) groups is 1. The summed E-state index contributed by atoms with van der Waals surface area (Å²) in [6.45, 7) is 0. The first-order valence-corrected chi connectivity index (χ1v) is 8.09. The number of ketones is 1. The van der Waals surface area contributed by atoms with Crippen molar-refractivity contribution in [1.82, 2.24) is 4.98 Å². The minimum atomic E-state index is 0.170. The summed E-state index contributed by atoms with van der Waals surface area (Å²) in [4.78, 5) is 16.7. The zero-order chi connectivity index (χ0) is 15.4. The third kappa shape index (κ3) is 3.34. The van der Waals surface area contributed by atoms with Crippen LogP contribution >= 0.6 is 11.3 Å². The minimum absolute atomic E-state index is 0.170. The quantitative estimate of drug-likeness (QED) is 0.629. The molecule has 0 saturated heterocycles. The maximum absolute atomic E-state index is 12.1. The fourth-order valence-electron chi connectivity index (χ4n) is 2.35. The van der Waals surface area contributed by atoms with Crippen LogP contribution in [0.25, 0.3) is 10.2 Å². The van der Waals surface area contributed by atoms with Crippen LogP contribution in [-0.2, 0) is 6.42 Å². The maximum atomic E-state index is 12.1.